The number of fused-ring (bicyclic) bond motifs is 2. The van der Waals surface area contributed by atoms with Crippen LogP contribution in [0.3, 0.4) is 0 Å². The maximum atomic E-state index is 12.8. The Morgan fingerprint density at radius 1 is 0.966 bits per heavy atom. The number of rotatable bonds is 7. The topological polar surface area (TPSA) is 71.1 Å². The number of ether oxygens (including phenoxy) is 4. The van der Waals surface area contributed by atoms with E-state index in [1.165, 1.54) is 0 Å². The molecule has 0 aromatic heterocycles. The van der Waals surface area contributed by atoms with Crippen LogP contribution in [0.25, 0.3) is 0 Å². The Hall–Kier alpha value is -2.64. The minimum absolute atomic E-state index is 0.0942. The number of carbonyl (C=O) groups excluding carboxylic acids is 2. The summed E-state index contributed by atoms with van der Waals surface area (Å²) in [6.45, 7) is 0.374. The molecule has 0 spiro atoms. The van der Waals surface area contributed by atoms with Crippen molar-refractivity contribution in [3.8, 4) is 0 Å². The van der Waals surface area contributed by atoms with Crippen molar-refractivity contribution < 1.29 is 28.5 Å². The summed E-state index contributed by atoms with van der Waals surface area (Å²) in [5.74, 6) is -1.74. The Morgan fingerprint density at radius 2 is 1.55 bits per heavy atom. The van der Waals surface area contributed by atoms with Gasteiger partial charge in [-0.2, -0.15) is 0 Å². The highest BCUT2D eigenvalue weighted by Gasteiger charge is 2.64. The van der Waals surface area contributed by atoms with Crippen molar-refractivity contribution in [1.82, 2.24) is 0 Å². The van der Waals surface area contributed by atoms with Crippen LogP contribution in [0.15, 0.2) is 60.7 Å². The molecule has 2 radical (unpaired) electrons. The number of benzene rings is 2. The van der Waals surface area contributed by atoms with Crippen LogP contribution in [0, 0.1) is 5.92 Å². The zero-order chi connectivity index (χ0) is 20.3. The molecule has 4 atom stereocenters. The SMILES string of the molecule is [B][C@@H]1O[C@@]2(CC(=O)OCc3ccccc3)CO[C@H]1C2C(=O)OCc1ccccc1. The third-order valence-electron chi connectivity index (χ3n) is 5.27. The Balaban J connectivity index is 1.40. The summed E-state index contributed by atoms with van der Waals surface area (Å²) in [6.07, 6.45) is -0.769. The number of esters is 2. The molecule has 4 rings (SSSR count). The van der Waals surface area contributed by atoms with Crippen LogP contribution in [0.4, 0.5) is 0 Å². The minimum atomic E-state index is -1.16. The van der Waals surface area contributed by atoms with Crippen molar-refractivity contribution in [3.63, 3.8) is 0 Å². The first-order valence-electron chi connectivity index (χ1n) is 9.52. The molecule has 6 nitrogen and oxygen atoms in total. The van der Waals surface area contributed by atoms with Gasteiger partial charge in [-0.15, -0.1) is 0 Å². The normalized spacial score (nSPS) is 27.5. The lowest BCUT2D eigenvalue weighted by Gasteiger charge is -2.29. The predicted octanol–water partition coefficient (Wildman–Crippen LogP) is 2.14. The molecule has 0 aliphatic carbocycles. The molecule has 29 heavy (non-hydrogen) atoms. The Kier molecular flexibility index (Phi) is 5.69. The van der Waals surface area contributed by atoms with Crippen molar-refractivity contribution in [1.29, 1.82) is 0 Å². The van der Waals surface area contributed by atoms with Gasteiger partial charge in [0.2, 0.25) is 0 Å². The summed E-state index contributed by atoms with van der Waals surface area (Å²) in [5.41, 5.74) is 0.585. The number of hydrogen-bond donors (Lipinski definition) is 0. The Bertz CT molecular complexity index is 858. The van der Waals surface area contributed by atoms with Crippen molar-refractivity contribution in [2.45, 2.75) is 37.3 Å². The fraction of sp³-hybridized carbons (Fsp3) is 0.364. The van der Waals surface area contributed by atoms with Gasteiger partial charge in [-0.1, -0.05) is 60.7 Å². The van der Waals surface area contributed by atoms with Crippen molar-refractivity contribution in [3.05, 3.63) is 71.8 Å². The van der Waals surface area contributed by atoms with E-state index in [1.807, 2.05) is 60.7 Å². The van der Waals surface area contributed by atoms with Crippen LogP contribution < -0.4 is 0 Å². The summed E-state index contributed by atoms with van der Waals surface area (Å²) >= 11 is 0. The van der Waals surface area contributed by atoms with Gasteiger partial charge in [-0.05, 0) is 11.1 Å². The molecule has 0 saturated carbocycles. The minimum Gasteiger partial charge on any atom is -0.461 e. The van der Waals surface area contributed by atoms with Crippen LogP contribution in [-0.2, 0) is 41.8 Å². The fourth-order valence-electron chi connectivity index (χ4n) is 3.86. The van der Waals surface area contributed by atoms with E-state index in [9.17, 15) is 9.59 Å². The van der Waals surface area contributed by atoms with Gasteiger partial charge < -0.3 is 18.9 Å². The quantitative estimate of drug-likeness (QED) is 0.531. The molecular formula is C22H21BO6. The summed E-state index contributed by atoms with van der Waals surface area (Å²) < 4.78 is 22.3. The smallest absolute Gasteiger partial charge is 0.315 e. The lowest BCUT2D eigenvalue weighted by molar-refractivity contribution is -0.164. The maximum Gasteiger partial charge on any atom is 0.315 e. The molecule has 1 unspecified atom stereocenters. The van der Waals surface area contributed by atoms with E-state index in [1.54, 1.807) is 0 Å². The second-order valence-corrected chi connectivity index (χ2v) is 7.32. The molecule has 148 valence electrons. The monoisotopic (exact) mass is 392 g/mol. The zero-order valence-corrected chi connectivity index (χ0v) is 15.9. The molecule has 2 heterocycles. The maximum absolute atomic E-state index is 12.8. The number of hydrogen-bond acceptors (Lipinski definition) is 6. The summed E-state index contributed by atoms with van der Waals surface area (Å²) in [5, 5.41) is 0. The molecule has 2 fully saturated rings. The number of carbonyl (C=O) groups is 2. The summed E-state index contributed by atoms with van der Waals surface area (Å²) in [6, 6.07) is 17.9. The molecule has 2 bridgehead atoms. The molecule has 2 aromatic rings. The van der Waals surface area contributed by atoms with Gasteiger partial charge in [-0.3, -0.25) is 9.59 Å². The largest absolute Gasteiger partial charge is 0.461 e. The first-order valence-corrected chi connectivity index (χ1v) is 9.52. The van der Waals surface area contributed by atoms with Gasteiger partial charge in [0.25, 0.3) is 0 Å². The second-order valence-electron chi connectivity index (χ2n) is 7.32. The van der Waals surface area contributed by atoms with Crippen LogP contribution in [0.5, 0.6) is 0 Å². The predicted molar refractivity (Wildman–Crippen MR) is 104 cm³/mol. The standard InChI is InChI=1S/C22H21BO6/c23-20-19-18(21(25)27-13-16-9-5-2-6-10-16)22(29-20,14-28-19)11-17(24)26-12-15-7-3-1-4-8-15/h1-10,18-20H,11-14H2/t18?,19-,20+,22-/m0/s1. The highest BCUT2D eigenvalue weighted by molar-refractivity contribution is 6.12. The van der Waals surface area contributed by atoms with Crippen molar-refractivity contribution in [2.75, 3.05) is 6.61 Å². The first-order chi connectivity index (χ1) is 14.1. The van der Waals surface area contributed by atoms with E-state index >= 15 is 0 Å². The van der Waals surface area contributed by atoms with Crippen molar-refractivity contribution in [2.24, 2.45) is 5.92 Å². The van der Waals surface area contributed by atoms with E-state index in [0.29, 0.717) is 0 Å². The molecule has 2 aliphatic rings. The average molecular weight is 392 g/mol. The molecule has 2 aromatic carbocycles. The van der Waals surface area contributed by atoms with Crippen LogP contribution in [0.2, 0.25) is 0 Å². The van der Waals surface area contributed by atoms with E-state index in [2.05, 4.69) is 0 Å². The van der Waals surface area contributed by atoms with E-state index < -0.39 is 35.6 Å². The van der Waals surface area contributed by atoms with Gasteiger partial charge in [0.05, 0.1) is 19.1 Å². The molecule has 0 N–H and O–H groups in total. The lowest BCUT2D eigenvalue weighted by Crippen LogP contribution is -2.43. The third kappa shape index (κ3) is 4.21. The van der Waals surface area contributed by atoms with Crippen LogP contribution in [-0.4, -0.2) is 44.1 Å². The fourth-order valence-corrected chi connectivity index (χ4v) is 3.86. The molecule has 7 heteroatoms. The van der Waals surface area contributed by atoms with E-state index in [0.717, 1.165) is 11.1 Å². The first kappa shape index (κ1) is 19.7. The van der Waals surface area contributed by atoms with E-state index in [-0.39, 0.29) is 26.2 Å². The average Bonchev–Trinajstić information content (AvgIpc) is 3.23. The van der Waals surface area contributed by atoms with Gasteiger partial charge in [0.1, 0.15) is 32.6 Å². The van der Waals surface area contributed by atoms with Gasteiger partial charge in [0.15, 0.2) is 0 Å². The molecule has 2 aliphatic heterocycles. The van der Waals surface area contributed by atoms with Crippen LogP contribution >= 0.6 is 0 Å². The van der Waals surface area contributed by atoms with E-state index in [4.69, 9.17) is 26.8 Å². The molecule has 0 amide bonds. The lowest BCUT2D eigenvalue weighted by atomic mass is 9.83. The Labute approximate surface area is 170 Å². The molecule has 2 saturated heterocycles. The highest BCUT2D eigenvalue weighted by atomic mass is 16.6. The van der Waals surface area contributed by atoms with Gasteiger partial charge in [0, 0.05) is 6.00 Å². The summed E-state index contributed by atoms with van der Waals surface area (Å²) in [4.78, 5) is 25.3. The van der Waals surface area contributed by atoms with Crippen LogP contribution in [0.1, 0.15) is 17.5 Å². The van der Waals surface area contributed by atoms with Gasteiger partial charge >= 0.3 is 11.9 Å². The molecular weight excluding hydrogens is 371 g/mol. The second kappa shape index (κ2) is 8.39. The zero-order valence-electron chi connectivity index (χ0n) is 15.9. The third-order valence-corrected chi connectivity index (χ3v) is 5.27. The summed E-state index contributed by atoms with van der Waals surface area (Å²) in [7, 11) is 5.97. The Morgan fingerprint density at radius 3 is 2.14 bits per heavy atom. The van der Waals surface area contributed by atoms with Crippen molar-refractivity contribution >= 4 is 19.8 Å². The highest BCUT2D eigenvalue weighted by Crippen LogP contribution is 2.46. The van der Waals surface area contributed by atoms with Gasteiger partial charge in [-0.25, -0.2) is 0 Å².